The molecule has 4 aromatic rings. The van der Waals surface area contributed by atoms with Gasteiger partial charge in [0, 0.05) is 28.4 Å². The smallest absolute Gasteiger partial charge is 0.267 e. The third-order valence-electron chi connectivity index (χ3n) is 4.15. The Morgan fingerprint density at radius 2 is 1.96 bits per heavy atom. The molecule has 0 atom stereocenters. The number of benzene rings is 2. The summed E-state index contributed by atoms with van der Waals surface area (Å²) in [6.45, 7) is 1.85. The third kappa shape index (κ3) is 3.07. The number of fused-ring (bicyclic) bond motifs is 1. The quantitative estimate of drug-likeness (QED) is 0.544. The molecule has 0 fully saturated rings. The standard InChI is InChI=1S/C20H17N3O2S/c1-12-18(26-20(22-12)13-3-6-16(25-2)7-4-13)19(24)23-15-5-8-17-14(11-15)9-10-21-17/h3-11,21H,1-2H3,(H,23,24). The second kappa shape index (κ2) is 6.65. The van der Waals surface area contributed by atoms with Crippen LogP contribution in [0.5, 0.6) is 5.75 Å². The van der Waals surface area contributed by atoms with Crippen molar-refractivity contribution in [2.24, 2.45) is 0 Å². The van der Waals surface area contributed by atoms with Gasteiger partial charge < -0.3 is 15.0 Å². The van der Waals surface area contributed by atoms with Gasteiger partial charge in [0.2, 0.25) is 0 Å². The molecule has 0 radical (unpaired) electrons. The van der Waals surface area contributed by atoms with E-state index in [1.165, 1.54) is 11.3 Å². The summed E-state index contributed by atoms with van der Waals surface area (Å²) in [5.41, 5.74) is 3.49. The van der Waals surface area contributed by atoms with Crippen LogP contribution in [-0.2, 0) is 0 Å². The van der Waals surface area contributed by atoms with E-state index >= 15 is 0 Å². The summed E-state index contributed by atoms with van der Waals surface area (Å²) in [6, 6.07) is 15.4. The monoisotopic (exact) mass is 363 g/mol. The molecule has 4 rings (SSSR count). The number of amides is 1. The number of methoxy groups -OCH3 is 1. The Bertz CT molecular complexity index is 1080. The number of aromatic nitrogens is 2. The van der Waals surface area contributed by atoms with E-state index in [0.29, 0.717) is 4.88 Å². The molecule has 2 N–H and O–H groups in total. The number of H-pyrrole nitrogens is 1. The van der Waals surface area contributed by atoms with Gasteiger partial charge in [-0.1, -0.05) is 0 Å². The van der Waals surface area contributed by atoms with E-state index in [4.69, 9.17) is 4.74 Å². The topological polar surface area (TPSA) is 67.0 Å². The number of carbonyl (C=O) groups excluding carboxylic acids is 1. The molecule has 0 aliphatic carbocycles. The van der Waals surface area contributed by atoms with E-state index in [0.717, 1.165) is 38.6 Å². The Morgan fingerprint density at radius 3 is 2.73 bits per heavy atom. The van der Waals surface area contributed by atoms with Crippen LogP contribution in [0.4, 0.5) is 5.69 Å². The highest BCUT2D eigenvalue weighted by atomic mass is 32.1. The number of rotatable bonds is 4. The minimum absolute atomic E-state index is 0.144. The number of hydrogen-bond donors (Lipinski definition) is 2. The predicted molar refractivity (Wildman–Crippen MR) is 105 cm³/mol. The highest BCUT2D eigenvalue weighted by Gasteiger charge is 2.16. The summed E-state index contributed by atoms with van der Waals surface area (Å²) in [7, 11) is 1.63. The van der Waals surface area contributed by atoms with Crippen molar-refractivity contribution in [1.29, 1.82) is 0 Å². The highest BCUT2D eigenvalue weighted by Crippen LogP contribution is 2.30. The maximum Gasteiger partial charge on any atom is 0.267 e. The van der Waals surface area contributed by atoms with Gasteiger partial charge in [0.1, 0.15) is 15.6 Å². The normalized spacial score (nSPS) is 10.8. The van der Waals surface area contributed by atoms with Crippen LogP contribution < -0.4 is 10.1 Å². The number of aryl methyl sites for hydroxylation is 1. The summed E-state index contributed by atoms with van der Waals surface area (Å²) < 4.78 is 5.18. The van der Waals surface area contributed by atoms with E-state index in [1.807, 2.05) is 61.7 Å². The average Bonchev–Trinajstić information content (AvgIpc) is 3.27. The Labute approximate surface area is 154 Å². The number of hydrogen-bond acceptors (Lipinski definition) is 4. The lowest BCUT2D eigenvalue weighted by Gasteiger charge is -2.04. The van der Waals surface area contributed by atoms with E-state index in [1.54, 1.807) is 7.11 Å². The predicted octanol–water partition coefficient (Wildman–Crippen LogP) is 4.86. The molecular formula is C20H17N3O2S. The Kier molecular flexibility index (Phi) is 4.18. The van der Waals surface area contributed by atoms with Crippen LogP contribution in [-0.4, -0.2) is 23.0 Å². The fourth-order valence-corrected chi connectivity index (χ4v) is 3.75. The number of nitrogens with zero attached hydrogens (tertiary/aromatic N) is 1. The van der Waals surface area contributed by atoms with Gasteiger partial charge in [0.25, 0.3) is 5.91 Å². The second-order valence-corrected chi connectivity index (χ2v) is 6.89. The number of thiazole rings is 1. The SMILES string of the molecule is COc1ccc(-c2nc(C)c(C(=O)Nc3ccc4[nH]ccc4c3)s2)cc1. The minimum atomic E-state index is -0.144. The van der Waals surface area contributed by atoms with E-state index in [9.17, 15) is 4.79 Å². The number of anilines is 1. The minimum Gasteiger partial charge on any atom is -0.497 e. The molecule has 5 nitrogen and oxygen atoms in total. The van der Waals surface area contributed by atoms with Crippen molar-refractivity contribution < 1.29 is 9.53 Å². The number of carbonyl (C=O) groups is 1. The lowest BCUT2D eigenvalue weighted by molar-refractivity contribution is 0.103. The molecule has 0 aliphatic heterocycles. The van der Waals surface area contributed by atoms with Gasteiger partial charge in [-0.05, 0) is 55.5 Å². The second-order valence-electron chi connectivity index (χ2n) is 5.90. The van der Waals surface area contributed by atoms with Gasteiger partial charge in [0.15, 0.2) is 0 Å². The number of nitrogens with one attached hydrogen (secondary N) is 2. The molecule has 0 unspecified atom stereocenters. The Balaban J connectivity index is 1.58. The zero-order chi connectivity index (χ0) is 18.1. The first-order valence-corrected chi connectivity index (χ1v) is 8.96. The van der Waals surface area contributed by atoms with Gasteiger partial charge in [-0.2, -0.15) is 0 Å². The molecule has 0 spiro atoms. The highest BCUT2D eigenvalue weighted by molar-refractivity contribution is 7.17. The van der Waals surface area contributed by atoms with Crippen LogP contribution in [0.1, 0.15) is 15.4 Å². The molecule has 6 heteroatoms. The summed E-state index contributed by atoms with van der Waals surface area (Å²) in [6.07, 6.45) is 1.88. The van der Waals surface area contributed by atoms with Crippen molar-refractivity contribution in [3.63, 3.8) is 0 Å². The lowest BCUT2D eigenvalue weighted by Crippen LogP contribution is -2.11. The Morgan fingerprint density at radius 1 is 1.15 bits per heavy atom. The van der Waals surface area contributed by atoms with Crippen LogP contribution in [0.15, 0.2) is 54.7 Å². The maximum atomic E-state index is 12.7. The largest absolute Gasteiger partial charge is 0.497 e. The van der Waals surface area contributed by atoms with Crippen molar-refractivity contribution in [2.75, 3.05) is 12.4 Å². The van der Waals surface area contributed by atoms with Crippen molar-refractivity contribution >= 4 is 33.8 Å². The zero-order valence-corrected chi connectivity index (χ0v) is 15.2. The van der Waals surface area contributed by atoms with Gasteiger partial charge in [0.05, 0.1) is 12.8 Å². The van der Waals surface area contributed by atoms with Crippen molar-refractivity contribution in [3.05, 3.63) is 65.3 Å². The van der Waals surface area contributed by atoms with Crippen molar-refractivity contribution in [2.45, 2.75) is 6.92 Å². The molecular weight excluding hydrogens is 346 g/mol. The molecule has 0 saturated carbocycles. The summed E-state index contributed by atoms with van der Waals surface area (Å²) in [5.74, 6) is 0.648. The van der Waals surface area contributed by atoms with E-state index in [-0.39, 0.29) is 5.91 Å². The maximum absolute atomic E-state index is 12.7. The van der Waals surface area contributed by atoms with E-state index < -0.39 is 0 Å². The van der Waals surface area contributed by atoms with Crippen LogP contribution >= 0.6 is 11.3 Å². The van der Waals surface area contributed by atoms with Crippen LogP contribution in [0.25, 0.3) is 21.5 Å². The van der Waals surface area contributed by atoms with E-state index in [2.05, 4.69) is 15.3 Å². The van der Waals surface area contributed by atoms with Gasteiger partial charge in [-0.3, -0.25) is 4.79 Å². The molecule has 0 saturated heterocycles. The first-order valence-electron chi connectivity index (χ1n) is 8.14. The van der Waals surface area contributed by atoms with Gasteiger partial charge in [-0.15, -0.1) is 11.3 Å². The third-order valence-corrected chi connectivity index (χ3v) is 5.36. The molecule has 0 bridgehead atoms. The molecule has 0 aliphatic rings. The summed E-state index contributed by atoms with van der Waals surface area (Å²) in [4.78, 5) is 21.0. The first kappa shape index (κ1) is 16.4. The van der Waals surface area contributed by atoms with Gasteiger partial charge >= 0.3 is 0 Å². The number of ether oxygens (including phenoxy) is 1. The lowest BCUT2D eigenvalue weighted by atomic mass is 10.2. The van der Waals surface area contributed by atoms with Crippen LogP contribution in [0.3, 0.4) is 0 Å². The first-order chi connectivity index (χ1) is 12.6. The molecule has 1 amide bonds. The van der Waals surface area contributed by atoms with Crippen molar-refractivity contribution in [1.82, 2.24) is 9.97 Å². The summed E-state index contributed by atoms with van der Waals surface area (Å²) >= 11 is 1.39. The van der Waals surface area contributed by atoms with Gasteiger partial charge in [-0.25, -0.2) is 4.98 Å². The zero-order valence-electron chi connectivity index (χ0n) is 14.4. The van der Waals surface area contributed by atoms with Crippen LogP contribution in [0, 0.1) is 6.92 Å². The number of aromatic amines is 1. The summed E-state index contributed by atoms with van der Waals surface area (Å²) in [5, 5.41) is 4.84. The molecule has 2 aromatic carbocycles. The molecule has 26 heavy (non-hydrogen) atoms. The fraction of sp³-hybridized carbons (Fsp3) is 0.100. The molecule has 2 aromatic heterocycles. The van der Waals surface area contributed by atoms with Crippen LogP contribution in [0.2, 0.25) is 0 Å². The fourth-order valence-electron chi connectivity index (χ4n) is 2.78. The average molecular weight is 363 g/mol. The van der Waals surface area contributed by atoms with Crippen molar-refractivity contribution in [3.8, 4) is 16.3 Å². The Hall–Kier alpha value is -3.12. The molecule has 130 valence electrons. The molecule has 2 heterocycles.